The molecule has 0 aliphatic heterocycles. The molecule has 0 bridgehead atoms. The largest absolute Gasteiger partial charge is 0.348 e. The van der Waals surface area contributed by atoms with Crippen molar-refractivity contribution in [2.45, 2.75) is 20.4 Å². The molecule has 0 aliphatic rings. The highest BCUT2D eigenvalue weighted by atomic mass is 35.5. The number of carbonyl (C=O) groups excluding carboxylic acids is 1. The average molecular weight is 340 g/mol. The molecule has 0 atom stereocenters. The zero-order valence-electron chi connectivity index (χ0n) is 13.6. The summed E-state index contributed by atoms with van der Waals surface area (Å²) >= 11 is 5.87. The van der Waals surface area contributed by atoms with E-state index in [1.54, 1.807) is 4.68 Å². The second kappa shape index (κ2) is 6.89. The number of aromatic nitrogens is 2. The van der Waals surface area contributed by atoms with E-state index in [4.69, 9.17) is 11.6 Å². The third-order valence-corrected chi connectivity index (χ3v) is 4.14. The van der Waals surface area contributed by atoms with Crippen molar-refractivity contribution in [1.29, 1.82) is 0 Å². The SMILES string of the molecule is Cc1nn(-c2ccccc2)c(C)c1C(=O)NCc1ccc(Cl)cc1. The van der Waals surface area contributed by atoms with Gasteiger partial charge in [0.25, 0.3) is 5.91 Å². The van der Waals surface area contributed by atoms with Gasteiger partial charge in [-0.2, -0.15) is 5.10 Å². The summed E-state index contributed by atoms with van der Waals surface area (Å²) in [5, 5.41) is 8.13. The number of aryl methyl sites for hydroxylation is 1. The zero-order chi connectivity index (χ0) is 17.1. The molecular formula is C19H18ClN3O. The molecule has 122 valence electrons. The van der Waals surface area contributed by atoms with Crippen LogP contribution in [0.2, 0.25) is 5.02 Å². The molecule has 5 heteroatoms. The number of benzene rings is 2. The lowest BCUT2D eigenvalue weighted by Crippen LogP contribution is -2.24. The molecule has 3 aromatic rings. The molecule has 1 heterocycles. The highest BCUT2D eigenvalue weighted by Crippen LogP contribution is 2.18. The summed E-state index contributed by atoms with van der Waals surface area (Å²) < 4.78 is 1.80. The van der Waals surface area contributed by atoms with E-state index in [1.807, 2.05) is 68.4 Å². The van der Waals surface area contributed by atoms with Crippen molar-refractivity contribution in [3.63, 3.8) is 0 Å². The lowest BCUT2D eigenvalue weighted by Gasteiger charge is -2.07. The summed E-state index contributed by atoms with van der Waals surface area (Å²) in [6.45, 7) is 4.21. The highest BCUT2D eigenvalue weighted by Gasteiger charge is 2.19. The monoisotopic (exact) mass is 339 g/mol. The standard InChI is InChI=1S/C19H18ClN3O/c1-13-18(14(2)23(22-13)17-6-4-3-5-7-17)19(24)21-12-15-8-10-16(20)11-9-15/h3-11H,12H2,1-2H3,(H,21,24). The summed E-state index contributed by atoms with van der Waals surface area (Å²) in [6.07, 6.45) is 0. The van der Waals surface area contributed by atoms with E-state index in [0.29, 0.717) is 22.8 Å². The number of carbonyl (C=O) groups is 1. The van der Waals surface area contributed by atoms with Gasteiger partial charge in [-0.1, -0.05) is 41.9 Å². The topological polar surface area (TPSA) is 46.9 Å². The predicted molar refractivity (Wildman–Crippen MR) is 95.7 cm³/mol. The number of rotatable bonds is 4. The smallest absolute Gasteiger partial charge is 0.255 e. The van der Waals surface area contributed by atoms with Crippen LogP contribution in [-0.2, 0) is 6.54 Å². The van der Waals surface area contributed by atoms with E-state index in [2.05, 4.69) is 10.4 Å². The maximum Gasteiger partial charge on any atom is 0.255 e. The number of halogens is 1. The Hall–Kier alpha value is -2.59. The fraction of sp³-hybridized carbons (Fsp3) is 0.158. The fourth-order valence-corrected chi connectivity index (χ4v) is 2.79. The minimum Gasteiger partial charge on any atom is -0.348 e. The molecule has 1 amide bonds. The van der Waals surface area contributed by atoms with Crippen LogP contribution in [0, 0.1) is 13.8 Å². The van der Waals surface area contributed by atoms with E-state index in [1.165, 1.54) is 0 Å². The van der Waals surface area contributed by atoms with Crippen LogP contribution >= 0.6 is 11.6 Å². The Kier molecular flexibility index (Phi) is 4.67. The van der Waals surface area contributed by atoms with Crippen molar-refractivity contribution in [3.05, 3.63) is 82.1 Å². The lowest BCUT2D eigenvalue weighted by atomic mass is 10.1. The first kappa shape index (κ1) is 16.3. The summed E-state index contributed by atoms with van der Waals surface area (Å²) in [7, 11) is 0. The second-order valence-electron chi connectivity index (χ2n) is 5.60. The predicted octanol–water partition coefficient (Wildman–Crippen LogP) is 4.07. The maximum absolute atomic E-state index is 12.6. The van der Waals surface area contributed by atoms with Crippen LogP contribution < -0.4 is 5.32 Å². The summed E-state index contributed by atoms with van der Waals surface area (Å²) in [6, 6.07) is 17.2. The first-order valence-electron chi connectivity index (χ1n) is 7.70. The average Bonchev–Trinajstić information content (AvgIpc) is 2.89. The van der Waals surface area contributed by atoms with Gasteiger partial charge in [0, 0.05) is 11.6 Å². The van der Waals surface area contributed by atoms with Gasteiger partial charge in [-0.25, -0.2) is 4.68 Å². The van der Waals surface area contributed by atoms with Crippen LogP contribution in [0.5, 0.6) is 0 Å². The van der Waals surface area contributed by atoms with Crippen molar-refractivity contribution in [3.8, 4) is 5.69 Å². The number of hydrogen-bond acceptors (Lipinski definition) is 2. The molecule has 0 saturated carbocycles. The number of nitrogens with zero attached hydrogens (tertiary/aromatic N) is 2. The number of nitrogens with one attached hydrogen (secondary N) is 1. The van der Waals surface area contributed by atoms with Crippen LogP contribution in [0.4, 0.5) is 0 Å². The van der Waals surface area contributed by atoms with Gasteiger partial charge in [0.15, 0.2) is 0 Å². The Balaban J connectivity index is 1.80. The normalized spacial score (nSPS) is 10.6. The molecule has 0 spiro atoms. The first-order valence-corrected chi connectivity index (χ1v) is 8.08. The third-order valence-electron chi connectivity index (χ3n) is 3.89. The van der Waals surface area contributed by atoms with Crippen molar-refractivity contribution < 1.29 is 4.79 Å². The molecule has 0 fully saturated rings. The van der Waals surface area contributed by atoms with Crippen molar-refractivity contribution in [1.82, 2.24) is 15.1 Å². The highest BCUT2D eigenvalue weighted by molar-refractivity contribution is 6.30. The summed E-state index contributed by atoms with van der Waals surface area (Å²) in [5.41, 5.74) is 4.10. The Bertz CT molecular complexity index is 854. The second-order valence-corrected chi connectivity index (χ2v) is 6.04. The van der Waals surface area contributed by atoms with E-state index in [-0.39, 0.29) is 5.91 Å². The zero-order valence-corrected chi connectivity index (χ0v) is 14.3. The molecule has 0 aliphatic carbocycles. The first-order chi connectivity index (χ1) is 11.6. The Morgan fingerprint density at radius 3 is 2.42 bits per heavy atom. The van der Waals surface area contributed by atoms with E-state index < -0.39 is 0 Å². The van der Waals surface area contributed by atoms with E-state index in [0.717, 1.165) is 16.9 Å². The fourth-order valence-electron chi connectivity index (χ4n) is 2.66. The number of hydrogen-bond donors (Lipinski definition) is 1. The molecule has 1 N–H and O–H groups in total. The number of amides is 1. The van der Waals surface area contributed by atoms with E-state index >= 15 is 0 Å². The quantitative estimate of drug-likeness (QED) is 0.778. The Morgan fingerprint density at radius 1 is 1.08 bits per heavy atom. The minimum absolute atomic E-state index is 0.123. The molecular weight excluding hydrogens is 322 g/mol. The molecule has 4 nitrogen and oxygen atoms in total. The van der Waals surface area contributed by atoms with Crippen LogP contribution in [0.1, 0.15) is 27.3 Å². The Morgan fingerprint density at radius 2 is 1.75 bits per heavy atom. The molecule has 1 aromatic heterocycles. The van der Waals surface area contributed by atoms with Gasteiger partial charge in [0.1, 0.15) is 0 Å². The van der Waals surface area contributed by atoms with Gasteiger partial charge in [-0.05, 0) is 43.7 Å². The van der Waals surface area contributed by atoms with Crippen molar-refractivity contribution in [2.75, 3.05) is 0 Å². The summed E-state index contributed by atoms with van der Waals surface area (Å²) in [4.78, 5) is 12.6. The van der Waals surface area contributed by atoms with Crippen LogP contribution in [0.3, 0.4) is 0 Å². The maximum atomic E-state index is 12.6. The molecule has 2 aromatic carbocycles. The minimum atomic E-state index is -0.123. The Labute approximate surface area is 146 Å². The van der Waals surface area contributed by atoms with Gasteiger partial charge in [-0.3, -0.25) is 4.79 Å². The molecule has 0 unspecified atom stereocenters. The third kappa shape index (κ3) is 3.34. The van der Waals surface area contributed by atoms with Gasteiger partial charge < -0.3 is 5.32 Å². The molecule has 0 radical (unpaired) electrons. The van der Waals surface area contributed by atoms with E-state index in [9.17, 15) is 4.79 Å². The van der Waals surface area contributed by atoms with Gasteiger partial charge >= 0.3 is 0 Å². The van der Waals surface area contributed by atoms with Crippen molar-refractivity contribution >= 4 is 17.5 Å². The number of para-hydroxylation sites is 1. The van der Waals surface area contributed by atoms with Crippen molar-refractivity contribution in [2.24, 2.45) is 0 Å². The van der Waals surface area contributed by atoms with Crippen LogP contribution in [0.15, 0.2) is 54.6 Å². The molecule has 24 heavy (non-hydrogen) atoms. The van der Waals surface area contributed by atoms with Gasteiger partial charge in [0.2, 0.25) is 0 Å². The van der Waals surface area contributed by atoms with Gasteiger partial charge in [0.05, 0.1) is 22.6 Å². The van der Waals surface area contributed by atoms with Gasteiger partial charge in [-0.15, -0.1) is 0 Å². The van der Waals surface area contributed by atoms with Crippen LogP contribution in [0.25, 0.3) is 5.69 Å². The lowest BCUT2D eigenvalue weighted by molar-refractivity contribution is 0.0949. The van der Waals surface area contributed by atoms with Crippen LogP contribution in [-0.4, -0.2) is 15.7 Å². The molecule has 3 rings (SSSR count). The molecule has 0 saturated heterocycles. The summed E-state index contributed by atoms with van der Waals surface area (Å²) in [5.74, 6) is -0.123.